The van der Waals surface area contributed by atoms with Crippen molar-refractivity contribution in [2.24, 2.45) is 5.73 Å². The van der Waals surface area contributed by atoms with Crippen LogP contribution in [0.5, 0.6) is 0 Å². The first-order valence-electron chi connectivity index (χ1n) is 7.46. The highest BCUT2D eigenvalue weighted by Crippen LogP contribution is 2.08. The highest BCUT2D eigenvalue weighted by Gasteiger charge is 2.18. The Morgan fingerprint density at radius 3 is 2.30 bits per heavy atom. The van der Waals surface area contributed by atoms with Crippen LogP contribution >= 0.6 is 0 Å². The molecule has 2 rings (SSSR count). The Balaban J connectivity index is 1.89. The molecule has 0 saturated heterocycles. The van der Waals surface area contributed by atoms with Crippen LogP contribution in [0.4, 0.5) is 4.39 Å². The Kier molecular flexibility index (Phi) is 5.86. The second-order valence-electron chi connectivity index (χ2n) is 5.31. The van der Waals surface area contributed by atoms with E-state index < -0.39 is 23.7 Å². The van der Waals surface area contributed by atoms with Gasteiger partial charge >= 0.3 is 0 Å². The second-order valence-corrected chi connectivity index (χ2v) is 5.31. The van der Waals surface area contributed by atoms with Gasteiger partial charge in [-0.25, -0.2) is 4.39 Å². The molecule has 0 heterocycles. The van der Waals surface area contributed by atoms with E-state index in [1.807, 2.05) is 30.3 Å². The number of carbonyl (C=O) groups excluding carboxylic acids is 2. The minimum atomic E-state index is -0.740. The molecule has 5 heteroatoms. The minimum absolute atomic E-state index is 0.292. The van der Waals surface area contributed by atoms with Gasteiger partial charge in [-0.1, -0.05) is 30.3 Å². The van der Waals surface area contributed by atoms with Gasteiger partial charge in [0, 0.05) is 5.56 Å². The largest absolute Gasteiger partial charge is 0.368 e. The number of rotatable bonds is 7. The molecule has 0 unspecified atom stereocenters. The van der Waals surface area contributed by atoms with E-state index in [4.69, 9.17) is 5.73 Å². The summed E-state index contributed by atoms with van der Waals surface area (Å²) in [6.07, 6.45) is 1.98. The lowest BCUT2D eigenvalue weighted by Crippen LogP contribution is -2.44. The molecular formula is C18H19FN2O2. The maximum absolute atomic E-state index is 12.9. The summed E-state index contributed by atoms with van der Waals surface area (Å²) in [5.74, 6) is -1.43. The van der Waals surface area contributed by atoms with E-state index in [1.165, 1.54) is 29.8 Å². The Morgan fingerprint density at radius 1 is 1.04 bits per heavy atom. The van der Waals surface area contributed by atoms with Crippen molar-refractivity contribution in [3.8, 4) is 0 Å². The van der Waals surface area contributed by atoms with Gasteiger partial charge in [-0.15, -0.1) is 0 Å². The number of nitrogens with two attached hydrogens (primary N) is 1. The predicted molar refractivity (Wildman–Crippen MR) is 86.2 cm³/mol. The molecule has 2 amide bonds. The lowest BCUT2D eigenvalue weighted by atomic mass is 10.0. The van der Waals surface area contributed by atoms with E-state index in [2.05, 4.69) is 5.32 Å². The van der Waals surface area contributed by atoms with Crippen molar-refractivity contribution in [3.63, 3.8) is 0 Å². The summed E-state index contributed by atoms with van der Waals surface area (Å²) in [5, 5.41) is 2.60. The molecule has 120 valence electrons. The van der Waals surface area contributed by atoms with Gasteiger partial charge in [0.15, 0.2) is 0 Å². The van der Waals surface area contributed by atoms with Crippen molar-refractivity contribution >= 4 is 11.8 Å². The molecule has 0 saturated carbocycles. The van der Waals surface area contributed by atoms with Gasteiger partial charge in [-0.3, -0.25) is 9.59 Å². The van der Waals surface area contributed by atoms with Crippen LogP contribution in [-0.4, -0.2) is 17.9 Å². The van der Waals surface area contributed by atoms with Crippen molar-refractivity contribution in [2.75, 3.05) is 0 Å². The Bertz CT molecular complexity index is 656. The normalized spacial score (nSPS) is 11.7. The average molecular weight is 314 g/mol. The molecule has 0 spiro atoms. The van der Waals surface area contributed by atoms with Crippen molar-refractivity contribution in [3.05, 3.63) is 71.5 Å². The zero-order chi connectivity index (χ0) is 16.7. The van der Waals surface area contributed by atoms with Crippen LogP contribution in [0.25, 0.3) is 0 Å². The number of carbonyl (C=O) groups is 2. The van der Waals surface area contributed by atoms with Crippen molar-refractivity contribution in [1.29, 1.82) is 0 Å². The van der Waals surface area contributed by atoms with Gasteiger partial charge in [0.25, 0.3) is 5.91 Å². The average Bonchev–Trinajstić information content (AvgIpc) is 2.55. The number of amides is 2. The third-order valence-corrected chi connectivity index (χ3v) is 3.56. The quantitative estimate of drug-likeness (QED) is 0.824. The monoisotopic (exact) mass is 314 g/mol. The zero-order valence-corrected chi connectivity index (χ0v) is 12.7. The standard InChI is InChI=1S/C18H19FN2O2/c19-15-11-9-14(10-12-15)18(23)21-16(17(20)22)8-4-7-13-5-2-1-3-6-13/h1-3,5-6,9-12,16H,4,7-8H2,(H2,20,22)(H,21,23)/t16-/m0/s1. The SMILES string of the molecule is NC(=O)[C@H](CCCc1ccccc1)NC(=O)c1ccc(F)cc1. The van der Waals surface area contributed by atoms with Crippen LogP contribution in [0.2, 0.25) is 0 Å². The van der Waals surface area contributed by atoms with Gasteiger partial charge in [0.05, 0.1) is 0 Å². The number of halogens is 1. The molecule has 0 aliphatic heterocycles. The number of aryl methyl sites for hydroxylation is 1. The van der Waals surface area contributed by atoms with E-state index in [-0.39, 0.29) is 0 Å². The summed E-state index contributed by atoms with van der Waals surface area (Å²) in [6.45, 7) is 0. The van der Waals surface area contributed by atoms with Crippen LogP contribution in [-0.2, 0) is 11.2 Å². The smallest absolute Gasteiger partial charge is 0.251 e. The molecule has 2 aromatic carbocycles. The zero-order valence-electron chi connectivity index (χ0n) is 12.7. The Hall–Kier alpha value is -2.69. The maximum atomic E-state index is 12.9. The van der Waals surface area contributed by atoms with Crippen molar-refractivity contribution in [1.82, 2.24) is 5.32 Å². The number of benzene rings is 2. The molecule has 0 radical (unpaired) electrons. The fourth-order valence-electron chi connectivity index (χ4n) is 2.28. The van der Waals surface area contributed by atoms with E-state index in [9.17, 15) is 14.0 Å². The van der Waals surface area contributed by atoms with Gasteiger partial charge in [-0.2, -0.15) is 0 Å². The Labute approximate surface area is 134 Å². The summed E-state index contributed by atoms with van der Waals surface area (Å²) < 4.78 is 12.9. The topological polar surface area (TPSA) is 72.2 Å². The predicted octanol–water partition coefficient (Wildman–Crippen LogP) is 2.43. The van der Waals surface area contributed by atoms with Crippen molar-refractivity contribution in [2.45, 2.75) is 25.3 Å². The lowest BCUT2D eigenvalue weighted by molar-refractivity contribution is -0.120. The third kappa shape index (κ3) is 5.21. The summed E-state index contributed by atoms with van der Waals surface area (Å²) in [4.78, 5) is 23.6. The minimum Gasteiger partial charge on any atom is -0.368 e. The highest BCUT2D eigenvalue weighted by atomic mass is 19.1. The van der Waals surface area contributed by atoms with Gasteiger partial charge < -0.3 is 11.1 Å². The second kappa shape index (κ2) is 8.08. The molecule has 0 aliphatic carbocycles. The molecule has 0 bridgehead atoms. The van der Waals surface area contributed by atoms with Gasteiger partial charge in [0.1, 0.15) is 11.9 Å². The highest BCUT2D eigenvalue weighted by molar-refractivity contribution is 5.97. The first-order chi connectivity index (χ1) is 11.1. The summed E-state index contributed by atoms with van der Waals surface area (Å²) in [7, 11) is 0. The molecule has 0 aromatic heterocycles. The Morgan fingerprint density at radius 2 is 1.70 bits per heavy atom. The molecule has 0 fully saturated rings. The maximum Gasteiger partial charge on any atom is 0.251 e. The summed E-state index contributed by atoms with van der Waals surface area (Å²) in [5.41, 5.74) is 6.81. The van der Waals surface area contributed by atoms with E-state index in [0.29, 0.717) is 12.0 Å². The molecule has 23 heavy (non-hydrogen) atoms. The fraction of sp³-hybridized carbons (Fsp3) is 0.222. The van der Waals surface area contributed by atoms with Crippen molar-refractivity contribution < 1.29 is 14.0 Å². The molecule has 0 aliphatic rings. The van der Waals surface area contributed by atoms with E-state index in [1.54, 1.807) is 0 Å². The van der Waals surface area contributed by atoms with Crippen LogP contribution in [0.15, 0.2) is 54.6 Å². The first kappa shape index (κ1) is 16.7. The van der Waals surface area contributed by atoms with Crippen LogP contribution in [0.3, 0.4) is 0 Å². The first-order valence-corrected chi connectivity index (χ1v) is 7.46. The van der Waals surface area contributed by atoms with E-state index in [0.717, 1.165) is 12.8 Å². The number of hydrogen-bond donors (Lipinski definition) is 2. The number of primary amides is 1. The number of hydrogen-bond acceptors (Lipinski definition) is 2. The molecule has 4 nitrogen and oxygen atoms in total. The molecule has 3 N–H and O–H groups in total. The van der Waals surface area contributed by atoms with Crippen LogP contribution in [0, 0.1) is 5.82 Å². The van der Waals surface area contributed by atoms with E-state index >= 15 is 0 Å². The molecule has 2 aromatic rings. The summed E-state index contributed by atoms with van der Waals surface area (Å²) >= 11 is 0. The summed E-state index contributed by atoms with van der Waals surface area (Å²) in [6, 6.07) is 14.3. The fourth-order valence-corrected chi connectivity index (χ4v) is 2.28. The van der Waals surface area contributed by atoms with Crippen LogP contribution < -0.4 is 11.1 Å². The molecular weight excluding hydrogens is 295 g/mol. The molecule has 1 atom stereocenters. The van der Waals surface area contributed by atoms with Crippen LogP contribution in [0.1, 0.15) is 28.8 Å². The third-order valence-electron chi connectivity index (χ3n) is 3.56. The van der Waals surface area contributed by atoms with Gasteiger partial charge in [0.2, 0.25) is 5.91 Å². The van der Waals surface area contributed by atoms with Gasteiger partial charge in [-0.05, 0) is 49.1 Å². The number of nitrogens with one attached hydrogen (secondary N) is 1. The lowest BCUT2D eigenvalue weighted by Gasteiger charge is -2.15.